The van der Waals surface area contributed by atoms with E-state index in [1.807, 2.05) is 24.3 Å². The first-order valence-corrected chi connectivity index (χ1v) is 6.44. The predicted molar refractivity (Wildman–Crippen MR) is 77.8 cm³/mol. The molecule has 2 aromatic heterocycles. The van der Waals surface area contributed by atoms with Crippen molar-refractivity contribution in [3.63, 3.8) is 0 Å². The van der Waals surface area contributed by atoms with Gasteiger partial charge in [0.1, 0.15) is 18.1 Å². The lowest BCUT2D eigenvalue weighted by molar-refractivity contribution is 0.0993. The number of hydrogen-bond donors (Lipinski definition) is 1. The number of hydrogen-bond acceptors (Lipinski definition) is 4. The fraction of sp³-hybridized carbons (Fsp3) is 0.133. The summed E-state index contributed by atoms with van der Waals surface area (Å²) in [4.78, 5) is 15.7. The highest BCUT2D eigenvalue weighted by molar-refractivity contribution is 6.04. The molecule has 2 heterocycles. The molecule has 0 spiro atoms. The van der Waals surface area contributed by atoms with E-state index in [0.717, 1.165) is 5.69 Å². The lowest BCUT2D eigenvalue weighted by Crippen LogP contribution is -2.15. The van der Waals surface area contributed by atoms with Crippen LogP contribution >= 0.6 is 0 Å². The number of aromatic nitrogens is 3. The van der Waals surface area contributed by atoms with E-state index < -0.39 is 5.91 Å². The van der Waals surface area contributed by atoms with Crippen molar-refractivity contribution in [3.8, 4) is 5.75 Å². The van der Waals surface area contributed by atoms with E-state index in [-0.39, 0.29) is 0 Å². The fourth-order valence-electron chi connectivity index (χ4n) is 2.20. The summed E-state index contributed by atoms with van der Waals surface area (Å²) in [5.41, 5.74) is 7.30. The first kappa shape index (κ1) is 13.1. The number of nitrogens with two attached hydrogens (primary N) is 1. The number of nitrogens with zero attached hydrogens (tertiary/aromatic N) is 3. The lowest BCUT2D eigenvalue weighted by Gasteiger charge is -2.05. The highest BCUT2D eigenvalue weighted by Gasteiger charge is 2.14. The maximum absolute atomic E-state index is 11.5. The number of aryl methyl sites for hydroxylation is 1. The number of primary amides is 1. The van der Waals surface area contributed by atoms with Crippen molar-refractivity contribution < 1.29 is 9.53 Å². The zero-order chi connectivity index (χ0) is 14.8. The largest absolute Gasteiger partial charge is 0.487 e. The van der Waals surface area contributed by atoms with Gasteiger partial charge in [0, 0.05) is 18.6 Å². The number of benzene rings is 1. The number of rotatable bonds is 4. The van der Waals surface area contributed by atoms with Crippen LogP contribution in [-0.4, -0.2) is 20.7 Å². The van der Waals surface area contributed by atoms with Crippen LogP contribution in [0.5, 0.6) is 5.75 Å². The van der Waals surface area contributed by atoms with Gasteiger partial charge < -0.3 is 10.5 Å². The zero-order valence-electron chi connectivity index (χ0n) is 11.5. The Morgan fingerprint density at radius 2 is 2.19 bits per heavy atom. The van der Waals surface area contributed by atoms with E-state index in [9.17, 15) is 4.79 Å². The maximum Gasteiger partial charge on any atom is 0.267 e. The smallest absolute Gasteiger partial charge is 0.267 e. The molecule has 3 rings (SSSR count). The molecule has 0 saturated carbocycles. The SMILES string of the molecule is Cn1nc2ccc(OCc3ccccn3)cc2c1C(N)=O. The van der Waals surface area contributed by atoms with E-state index in [1.54, 1.807) is 25.4 Å². The molecule has 0 fully saturated rings. The van der Waals surface area contributed by atoms with E-state index in [4.69, 9.17) is 10.5 Å². The summed E-state index contributed by atoms with van der Waals surface area (Å²) >= 11 is 0. The Morgan fingerprint density at radius 3 is 2.90 bits per heavy atom. The molecule has 0 radical (unpaired) electrons. The predicted octanol–water partition coefficient (Wildman–Crippen LogP) is 1.65. The van der Waals surface area contributed by atoms with Crippen LogP contribution in [0.4, 0.5) is 0 Å². The van der Waals surface area contributed by atoms with Gasteiger partial charge in [0.2, 0.25) is 0 Å². The Morgan fingerprint density at radius 1 is 1.33 bits per heavy atom. The average Bonchev–Trinajstić information content (AvgIpc) is 2.81. The third-order valence-corrected chi connectivity index (χ3v) is 3.15. The minimum absolute atomic E-state index is 0.360. The second-order valence-corrected chi connectivity index (χ2v) is 4.63. The molecule has 0 aliphatic heterocycles. The normalized spacial score (nSPS) is 10.7. The van der Waals surface area contributed by atoms with Gasteiger partial charge in [-0.3, -0.25) is 14.5 Å². The lowest BCUT2D eigenvalue weighted by atomic mass is 10.2. The summed E-state index contributed by atoms with van der Waals surface area (Å²) in [6.07, 6.45) is 1.72. The number of ether oxygens (including phenoxy) is 1. The highest BCUT2D eigenvalue weighted by Crippen LogP contribution is 2.23. The molecule has 0 aliphatic rings. The van der Waals surface area contributed by atoms with Crippen LogP contribution < -0.4 is 10.5 Å². The Labute approximate surface area is 121 Å². The molecule has 6 nitrogen and oxygen atoms in total. The Kier molecular flexibility index (Phi) is 3.27. The summed E-state index contributed by atoms with van der Waals surface area (Å²) in [5, 5.41) is 4.93. The Hall–Kier alpha value is -2.89. The molecule has 1 aromatic carbocycles. The zero-order valence-corrected chi connectivity index (χ0v) is 11.5. The molecule has 0 atom stereocenters. The Bertz CT molecular complexity index is 796. The van der Waals surface area contributed by atoms with Crippen LogP contribution in [0.2, 0.25) is 0 Å². The van der Waals surface area contributed by atoms with Gasteiger partial charge in [-0.15, -0.1) is 0 Å². The third-order valence-electron chi connectivity index (χ3n) is 3.15. The molecular weight excluding hydrogens is 268 g/mol. The van der Waals surface area contributed by atoms with Gasteiger partial charge in [0.15, 0.2) is 0 Å². The molecule has 1 amide bonds. The molecule has 0 unspecified atom stereocenters. The second-order valence-electron chi connectivity index (χ2n) is 4.63. The quantitative estimate of drug-likeness (QED) is 0.788. The van der Waals surface area contributed by atoms with Gasteiger partial charge in [-0.2, -0.15) is 5.10 Å². The topological polar surface area (TPSA) is 83.0 Å². The summed E-state index contributed by atoms with van der Waals surface area (Å²) in [7, 11) is 1.69. The first-order chi connectivity index (χ1) is 10.1. The van der Waals surface area contributed by atoms with Crippen LogP contribution in [0, 0.1) is 0 Å². The molecule has 0 saturated heterocycles. The molecule has 21 heavy (non-hydrogen) atoms. The first-order valence-electron chi connectivity index (χ1n) is 6.44. The number of carbonyl (C=O) groups excluding carboxylic acids is 1. The van der Waals surface area contributed by atoms with Crippen molar-refractivity contribution in [1.29, 1.82) is 0 Å². The van der Waals surface area contributed by atoms with Crippen molar-refractivity contribution >= 4 is 16.8 Å². The molecule has 2 N–H and O–H groups in total. The van der Waals surface area contributed by atoms with Crippen LogP contribution in [0.15, 0.2) is 42.6 Å². The summed E-state index contributed by atoms with van der Waals surface area (Å²) < 4.78 is 7.17. The van der Waals surface area contributed by atoms with Crippen molar-refractivity contribution in [2.75, 3.05) is 0 Å². The minimum Gasteiger partial charge on any atom is -0.487 e. The van der Waals surface area contributed by atoms with Crippen molar-refractivity contribution in [2.24, 2.45) is 12.8 Å². The van der Waals surface area contributed by atoms with Gasteiger partial charge in [-0.1, -0.05) is 6.07 Å². The number of amides is 1. The van der Waals surface area contributed by atoms with Crippen LogP contribution in [0.25, 0.3) is 10.9 Å². The minimum atomic E-state index is -0.512. The number of carbonyl (C=O) groups is 1. The van der Waals surface area contributed by atoms with Crippen LogP contribution in [0.1, 0.15) is 16.2 Å². The second kappa shape index (κ2) is 5.24. The van der Waals surface area contributed by atoms with E-state index in [0.29, 0.717) is 29.0 Å². The van der Waals surface area contributed by atoms with Gasteiger partial charge in [-0.05, 0) is 30.3 Å². The molecule has 0 aliphatic carbocycles. The highest BCUT2D eigenvalue weighted by atomic mass is 16.5. The monoisotopic (exact) mass is 282 g/mol. The van der Waals surface area contributed by atoms with Crippen molar-refractivity contribution in [2.45, 2.75) is 6.61 Å². The molecule has 3 aromatic rings. The third kappa shape index (κ3) is 2.55. The molecule has 6 heteroatoms. The van der Waals surface area contributed by atoms with Crippen molar-refractivity contribution in [1.82, 2.24) is 14.8 Å². The van der Waals surface area contributed by atoms with E-state index >= 15 is 0 Å². The van der Waals surface area contributed by atoms with Gasteiger partial charge in [0.05, 0.1) is 11.2 Å². The summed E-state index contributed by atoms with van der Waals surface area (Å²) in [6.45, 7) is 0.360. The molecule has 106 valence electrons. The standard InChI is InChI=1S/C15H14N4O2/c1-19-14(15(16)20)12-8-11(5-6-13(12)18-19)21-9-10-4-2-3-7-17-10/h2-8H,9H2,1H3,(H2,16,20). The van der Waals surface area contributed by atoms with Gasteiger partial charge in [-0.25, -0.2) is 0 Å². The number of pyridine rings is 1. The van der Waals surface area contributed by atoms with Crippen LogP contribution in [0.3, 0.4) is 0 Å². The number of fused-ring (bicyclic) bond motifs is 1. The summed E-state index contributed by atoms with van der Waals surface area (Å²) in [5.74, 6) is 0.130. The fourth-order valence-corrected chi connectivity index (χ4v) is 2.20. The van der Waals surface area contributed by atoms with Gasteiger partial charge in [0.25, 0.3) is 5.91 Å². The summed E-state index contributed by atoms with van der Waals surface area (Å²) in [6, 6.07) is 11.0. The molecular formula is C15H14N4O2. The van der Waals surface area contributed by atoms with Crippen molar-refractivity contribution in [3.05, 3.63) is 54.0 Å². The van der Waals surface area contributed by atoms with E-state index in [2.05, 4.69) is 10.1 Å². The van der Waals surface area contributed by atoms with Gasteiger partial charge >= 0.3 is 0 Å². The van der Waals surface area contributed by atoms with E-state index in [1.165, 1.54) is 4.68 Å². The average molecular weight is 282 g/mol. The molecule has 0 bridgehead atoms. The Balaban J connectivity index is 1.90. The van der Waals surface area contributed by atoms with Crippen LogP contribution in [-0.2, 0) is 13.7 Å². The maximum atomic E-state index is 11.5.